The monoisotopic (exact) mass is 371 g/mol. The van der Waals surface area contributed by atoms with Crippen LogP contribution in [-0.4, -0.2) is 42.8 Å². The average Bonchev–Trinajstić information content (AvgIpc) is 3.22. The van der Waals surface area contributed by atoms with Crippen molar-refractivity contribution in [1.29, 1.82) is 0 Å². The van der Waals surface area contributed by atoms with E-state index >= 15 is 0 Å². The SMILES string of the molecule is Cc1noc(C)c1CCC(=O)N1[C@@H]2CC[C@H]1Cc1nnc(CC(C)C)n1C2. The number of aryl methyl sites for hydroxylation is 2. The van der Waals surface area contributed by atoms with Gasteiger partial charge in [-0.15, -0.1) is 10.2 Å². The highest BCUT2D eigenvalue weighted by Crippen LogP contribution is 2.32. The number of aromatic nitrogens is 4. The summed E-state index contributed by atoms with van der Waals surface area (Å²) in [5, 5.41) is 12.9. The third kappa shape index (κ3) is 3.39. The van der Waals surface area contributed by atoms with Crippen LogP contribution in [0, 0.1) is 19.8 Å². The lowest BCUT2D eigenvalue weighted by molar-refractivity contribution is -0.134. The average molecular weight is 371 g/mol. The lowest BCUT2D eigenvalue weighted by atomic mass is 10.1. The minimum atomic E-state index is 0.242. The number of carbonyl (C=O) groups excluding carboxylic acids is 1. The Balaban J connectivity index is 1.49. The van der Waals surface area contributed by atoms with Crippen molar-refractivity contribution in [3.8, 4) is 0 Å². The van der Waals surface area contributed by atoms with E-state index in [9.17, 15) is 4.79 Å². The molecule has 2 atom stereocenters. The highest BCUT2D eigenvalue weighted by molar-refractivity contribution is 5.77. The smallest absolute Gasteiger partial charge is 0.223 e. The molecular weight excluding hydrogens is 342 g/mol. The van der Waals surface area contributed by atoms with E-state index in [2.05, 4.69) is 38.7 Å². The molecule has 27 heavy (non-hydrogen) atoms. The number of hydrogen-bond donors (Lipinski definition) is 0. The molecule has 2 aromatic rings. The molecule has 1 amide bonds. The van der Waals surface area contributed by atoms with Gasteiger partial charge in [0.2, 0.25) is 5.91 Å². The van der Waals surface area contributed by atoms with Crippen LogP contribution < -0.4 is 0 Å². The van der Waals surface area contributed by atoms with Crippen molar-refractivity contribution >= 4 is 5.91 Å². The summed E-state index contributed by atoms with van der Waals surface area (Å²) in [6.45, 7) is 9.09. The first kappa shape index (κ1) is 18.2. The second-order valence-electron chi connectivity index (χ2n) is 8.43. The molecule has 4 rings (SSSR count). The van der Waals surface area contributed by atoms with Gasteiger partial charge in [0, 0.05) is 37.4 Å². The summed E-state index contributed by atoms with van der Waals surface area (Å²) < 4.78 is 7.51. The maximum atomic E-state index is 13.1. The third-order valence-electron chi connectivity index (χ3n) is 5.98. The summed E-state index contributed by atoms with van der Waals surface area (Å²) in [4.78, 5) is 15.2. The predicted octanol–water partition coefficient (Wildman–Crippen LogP) is 2.63. The van der Waals surface area contributed by atoms with E-state index in [0.717, 1.165) is 60.9 Å². The van der Waals surface area contributed by atoms with Crippen LogP contribution in [0.5, 0.6) is 0 Å². The van der Waals surface area contributed by atoms with Crippen LogP contribution in [0.1, 0.15) is 61.8 Å². The molecule has 0 unspecified atom stereocenters. The Bertz CT molecular complexity index is 818. The van der Waals surface area contributed by atoms with Gasteiger partial charge in [0.25, 0.3) is 0 Å². The molecule has 2 bridgehead atoms. The number of rotatable bonds is 5. The Morgan fingerprint density at radius 2 is 2.00 bits per heavy atom. The van der Waals surface area contributed by atoms with Crippen molar-refractivity contribution in [2.75, 3.05) is 0 Å². The summed E-state index contributed by atoms with van der Waals surface area (Å²) >= 11 is 0. The molecule has 2 aliphatic heterocycles. The van der Waals surface area contributed by atoms with Crippen LogP contribution in [0.3, 0.4) is 0 Å². The Morgan fingerprint density at radius 1 is 1.22 bits per heavy atom. The van der Waals surface area contributed by atoms with E-state index in [1.165, 1.54) is 0 Å². The van der Waals surface area contributed by atoms with Gasteiger partial charge in [0.15, 0.2) is 0 Å². The normalized spacial score (nSPS) is 21.6. The molecule has 0 aromatic carbocycles. The van der Waals surface area contributed by atoms with E-state index < -0.39 is 0 Å². The molecule has 7 heteroatoms. The summed E-state index contributed by atoms with van der Waals surface area (Å²) in [6.07, 6.45) is 5.09. The van der Waals surface area contributed by atoms with Crippen LogP contribution in [0.25, 0.3) is 0 Å². The van der Waals surface area contributed by atoms with Crippen molar-refractivity contribution in [2.24, 2.45) is 5.92 Å². The van der Waals surface area contributed by atoms with Crippen LogP contribution in [0.4, 0.5) is 0 Å². The van der Waals surface area contributed by atoms with Crippen LogP contribution in [0.15, 0.2) is 4.52 Å². The highest BCUT2D eigenvalue weighted by atomic mass is 16.5. The summed E-state index contributed by atoms with van der Waals surface area (Å²) in [6, 6.07) is 0.514. The first-order valence-electron chi connectivity index (χ1n) is 10.1. The number of fused-ring (bicyclic) bond motifs is 3. The van der Waals surface area contributed by atoms with Gasteiger partial charge >= 0.3 is 0 Å². The Kier molecular flexibility index (Phi) is 4.78. The fraction of sp³-hybridized carbons (Fsp3) is 0.700. The van der Waals surface area contributed by atoms with Gasteiger partial charge in [-0.3, -0.25) is 4.79 Å². The lowest BCUT2D eigenvalue weighted by Gasteiger charge is -2.28. The van der Waals surface area contributed by atoms with Crippen molar-refractivity contribution in [1.82, 2.24) is 24.8 Å². The number of hydrogen-bond acceptors (Lipinski definition) is 5. The summed E-state index contributed by atoms with van der Waals surface area (Å²) in [5.74, 6) is 3.72. The highest BCUT2D eigenvalue weighted by Gasteiger charge is 2.40. The second-order valence-corrected chi connectivity index (χ2v) is 8.43. The molecular formula is C20H29N5O2. The topological polar surface area (TPSA) is 77.1 Å². The zero-order valence-electron chi connectivity index (χ0n) is 16.7. The Labute approximate surface area is 160 Å². The van der Waals surface area contributed by atoms with Crippen molar-refractivity contribution in [3.05, 3.63) is 28.7 Å². The van der Waals surface area contributed by atoms with Crippen molar-refractivity contribution in [3.63, 3.8) is 0 Å². The Hall–Kier alpha value is -2.18. The lowest BCUT2D eigenvalue weighted by Crippen LogP contribution is -2.42. The van der Waals surface area contributed by atoms with Gasteiger partial charge in [-0.2, -0.15) is 0 Å². The Morgan fingerprint density at radius 3 is 2.70 bits per heavy atom. The molecule has 0 spiro atoms. The van der Waals surface area contributed by atoms with Gasteiger partial charge in [-0.05, 0) is 39.0 Å². The third-order valence-corrected chi connectivity index (χ3v) is 5.98. The minimum absolute atomic E-state index is 0.242. The van der Waals surface area contributed by atoms with Crippen LogP contribution in [-0.2, 0) is 30.6 Å². The van der Waals surface area contributed by atoms with Crippen molar-refractivity contribution < 1.29 is 9.32 Å². The van der Waals surface area contributed by atoms with Crippen molar-refractivity contribution in [2.45, 2.75) is 84.8 Å². The number of nitrogens with zero attached hydrogens (tertiary/aromatic N) is 5. The van der Waals surface area contributed by atoms with E-state index in [1.807, 2.05) is 13.8 Å². The molecule has 0 saturated carbocycles. The summed E-state index contributed by atoms with van der Waals surface area (Å²) in [7, 11) is 0. The van der Waals surface area contributed by atoms with Crippen LogP contribution >= 0.6 is 0 Å². The van der Waals surface area contributed by atoms with Gasteiger partial charge in [-0.25, -0.2) is 0 Å². The van der Waals surface area contributed by atoms with E-state index in [-0.39, 0.29) is 18.0 Å². The molecule has 1 fully saturated rings. The molecule has 7 nitrogen and oxygen atoms in total. The number of amides is 1. The van der Waals surface area contributed by atoms with E-state index in [0.29, 0.717) is 18.8 Å². The largest absolute Gasteiger partial charge is 0.361 e. The maximum absolute atomic E-state index is 13.1. The molecule has 1 saturated heterocycles. The molecule has 0 radical (unpaired) electrons. The first-order chi connectivity index (χ1) is 12.9. The maximum Gasteiger partial charge on any atom is 0.223 e. The zero-order chi connectivity index (χ0) is 19.1. The van der Waals surface area contributed by atoms with Gasteiger partial charge in [0.05, 0.1) is 11.7 Å². The molecule has 0 N–H and O–H groups in total. The number of carbonyl (C=O) groups is 1. The van der Waals surface area contributed by atoms with Gasteiger partial charge in [0.1, 0.15) is 17.4 Å². The van der Waals surface area contributed by atoms with Gasteiger partial charge < -0.3 is 14.0 Å². The minimum Gasteiger partial charge on any atom is -0.361 e. The fourth-order valence-corrected chi connectivity index (χ4v) is 4.64. The second kappa shape index (κ2) is 7.09. The van der Waals surface area contributed by atoms with Gasteiger partial charge in [-0.1, -0.05) is 19.0 Å². The molecule has 2 aromatic heterocycles. The fourth-order valence-electron chi connectivity index (χ4n) is 4.64. The molecule has 2 aliphatic rings. The predicted molar refractivity (Wildman–Crippen MR) is 100 cm³/mol. The molecule has 4 heterocycles. The summed E-state index contributed by atoms with van der Waals surface area (Å²) in [5.41, 5.74) is 1.96. The first-order valence-corrected chi connectivity index (χ1v) is 10.1. The van der Waals surface area contributed by atoms with Crippen LogP contribution in [0.2, 0.25) is 0 Å². The zero-order valence-corrected chi connectivity index (χ0v) is 16.7. The molecule has 146 valence electrons. The molecule has 0 aliphatic carbocycles. The van der Waals surface area contributed by atoms with E-state index in [1.54, 1.807) is 0 Å². The van der Waals surface area contributed by atoms with E-state index in [4.69, 9.17) is 4.52 Å². The quantitative estimate of drug-likeness (QED) is 0.807. The standard InChI is InChI=1S/C20H29N5O2/c1-12(2)9-18-21-22-19-10-15-5-6-16(11-24(18)19)25(15)20(26)8-7-17-13(3)23-27-14(17)4/h12,15-16H,5-11H2,1-4H3/t15-,16+/m0/s1.